The molecule has 3 fully saturated rings. The van der Waals surface area contributed by atoms with Gasteiger partial charge < -0.3 is 15.0 Å². The van der Waals surface area contributed by atoms with Crippen molar-refractivity contribution in [3.63, 3.8) is 0 Å². The van der Waals surface area contributed by atoms with Gasteiger partial charge in [-0.25, -0.2) is 4.39 Å². The highest BCUT2D eigenvalue weighted by Gasteiger charge is 2.41. The number of anilines is 1. The molecule has 3 heterocycles. The Morgan fingerprint density at radius 2 is 1.83 bits per heavy atom. The second-order valence-electron chi connectivity index (χ2n) is 9.01. The Hall–Kier alpha value is -1.76. The highest BCUT2D eigenvalue weighted by Crippen LogP contribution is 2.40. The van der Waals surface area contributed by atoms with Crippen molar-refractivity contribution in [1.29, 1.82) is 0 Å². The number of nitrogens with zero attached hydrogens (tertiary/aromatic N) is 3. The first-order valence-corrected chi connectivity index (χ1v) is 11.4. The Kier molecular flexibility index (Phi) is 5.89. The first-order chi connectivity index (χ1) is 14.7. The molecule has 1 saturated carbocycles. The van der Waals surface area contributed by atoms with Crippen LogP contribution in [0.2, 0.25) is 5.02 Å². The van der Waals surface area contributed by atoms with E-state index in [0.29, 0.717) is 22.3 Å². The predicted octanol–water partition coefficient (Wildman–Crippen LogP) is 4.49. The van der Waals surface area contributed by atoms with Gasteiger partial charge in [0.05, 0.1) is 16.3 Å². The molecule has 1 aliphatic carbocycles. The van der Waals surface area contributed by atoms with Crippen molar-refractivity contribution in [2.75, 3.05) is 38.2 Å². The van der Waals surface area contributed by atoms with Crippen LogP contribution in [0.4, 0.5) is 10.2 Å². The number of halogens is 2. The summed E-state index contributed by atoms with van der Waals surface area (Å²) < 4.78 is 19.6. The van der Waals surface area contributed by atoms with Gasteiger partial charge in [-0.3, -0.25) is 0 Å². The maximum atomic E-state index is 14.1. The van der Waals surface area contributed by atoms with E-state index in [4.69, 9.17) is 16.3 Å². The van der Waals surface area contributed by atoms with Gasteiger partial charge in [0.1, 0.15) is 11.6 Å². The molecular weight excluding hydrogens is 403 g/mol. The first kappa shape index (κ1) is 20.2. The zero-order chi connectivity index (χ0) is 20.5. The highest BCUT2D eigenvalue weighted by atomic mass is 35.5. The third-order valence-electron chi connectivity index (χ3n) is 6.92. The van der Waals surface area contributed by atoms with Crippen molar-refractivity contribution >= 4 is 17.4 Å². The summed E-state index contributed by atoms with van der Waals surface area (Å²) in [5.74, 6) is 2.71. The predicted molar refractivity (Wildman–Crippen MR) is 116 cm³/mol. The third-order valence-corrected chi connectivity index (χ3v) is 7.23. The van der Waals surface area contributed by atoms with Crippen LogP contribution < -0.4 is 5.32 Å². The molecule has 0 bridgehead atoms. The van der Waals surface area contributed by atoms with Crippen LogP contribution in [0.5, 0.6) is 0 Å². The molecule has 5 rings (SSSR count). The fourth-order valence-electron chi connectivity index (χ4n) is 5.45. The second kappa shape index (κ2) is 8.77. The van der Waals surface area contributed by atoms with Crippen molar-refractivity contribution < 1.29 is 9.13 Å². The smallest absolute Gasteiger partial charge is 0.148 e. The molecule has 2 saturated heterocycles. The molecule has 2 aliphatic heterocycles. The molecule has 160 valence electrons. The zero-order valence-corrected chi connectivity index (χ0v) is 17.8. The van der Waals surface area contributed by atoms with Crippen LogP contribution in [0, 0.1) is 23.6 Å². The molecule has 1 aromatic heterocycles. The van der Waals surface area contributed by atoms with Crippen molar-refractivity contribution in [3.05, 3.63) is 41.2 Å². The Balaban J connectivity index is 1.15. The molecule has 30 heavy (non-hydrogen) atoms. The van der Waals surface area contributed by atoms with E-state index in [9.17, 15) is 4.39 Å². The summed E-state index contributed by atoms with van der Waals surface area (Å²) in [5.41, 5.74) is 0.758. The molecule has 0 spiro atoms. The largest absolute Gasteiger partial charge is 0.381 e. The maximum absolute atomic E-state index is 14.1. The standard InChI is InChI=1S/C23H28ClFN4O/c24-19-2-1-3-20(25)23(19)21-4-5-22(28-27-21)26-18-10-16-13-29(14-17(16)11-18)12-15-6-8-30-9-7-15/h1-5,15-18H,6-14H2,(H,26,28). The van der Waals surface area contributed by atoms with Crippen molar-refractivity contribution in [1.82, 2.24) is 15.1 Å². The van der Waals surface area contributed by atoms with E-state index in [0.717, 1.165) is 36.8 Å². The lowest BCUT2D eigenvalue weighted by atomic mass is 10.00. The van der Waals surface area contributed by atoms with Gasteiger partial charge in [-0.1, -0.05) is 17.7 Å². The summed E-state index contributed by atoms with van der Waals surface area (Å²) in [4.78, 5) is 2.67. The van der Waals surface area contributed by atoms with E-state index >= 15 is 0 Å². The number of benzene rings is 1. The third kappa shape index (κ3) is 4.32. The summed E-state index contributed by atoms with van der Waals surface area (Å²) in [7, 11) is 0. The zero-order valence-electron chi connectivity index (χ0n) is 17.1. The maximum Gasteiger partial charge on any atom is 0.148 e. The molecule has 1 aromatic carbocycles. The van der Waals surface area contributed by atoms with Crippen molar-refractivity contribution in [2.45, 2.75) is 31.7 Å². The van der Waals surface area contributed by atoms with Gasteiger partial charge in [-0.05, 0) is 67.7 Å². The van der Waals surface area contributed by atoms with Crippen LogP contribution in [0.1, 0.15) is 25.7 Å². The number of rotatable bonds is 5. The summed E-state index contributed by atoms with van der Waals surface area (Å²) >= 11 is 6.14. The number of nitrogens with one attached hydrogen (secondary N) is 1. The van der Waals surface area contributed by atoms with Gasteiger partial charge in [-0.15, -0.1) is 10.2 Å². The minimum absolute atomic E-state index is 0.304. The molecule has 7 heteroatoms. The summed E-state index contributed by atoms with van der Waals surface area (Å²) in [6.07, 6.45) is 4.78. The summed E-state index contributed by atoms with van der Waals surface area (Å²) in [6.45, 7) is 5.54. The number of hydrogen-bond donors (Lipinski definition) is 1. The van der Waals surface area contributed by atoms with Crippen LogP contribution >= 0.6 is 11.6 Å². The van der Waals surface area contributed by atoms with E-state index in [1.54, 1.807) is 18.2 Å². The number of hydrogen-bond acceptors (Lipinski definition) is 5. The van der Waals surface area contributed by atoms with Crippen LogP contribution in [0.15, 0.2) is 30.3 Å². The average Bonchev–Trinajstić information content (AvgIpc) is 3.28. The minimum atomic E-state index is -0.383. The van der Waals surface area contributed by atoms with E-state index in [1.807, 2.05) is 6.07 Å². The highest BCUT2D eigenvalue weighted by molar-refractivity contribution is 6.33. The summed E-state index contributed by atoms with van der Waals surface area (Å²) in [5, 5.41) is 12.4. The molecule has 0 radical (unpaired) electrons. The number of fused-ring (bicyclic) bond motifs is 1. The fraction of sp³-hybridized carbons (Fsp3) is 0.565. The Morgan fingerprint density at radius 1 is 1.07 bits per heavy atom. The van der Waals surface area contributed by atoms with Crippen LogP contribution in [-0.4, -0.2) is 54.0 Å². The molecule has 2 unspecified atom stereocenters. The van der Waals surface area contributed by atoms with Crippen LogP contribution in [0.3, 0.4) is 0 Å². The molecular formula is C23H28ClFN4O. The van der Waals surface area contributed by atoms with Gasteiger partial charge in [0.2, 0.25) is 0 Å². The van der Waals surface area contributed by atoms with Crippen molar-refractivity contribution in [3.8, 4) is 11.3 Å². The summed E-state index contributed by atoms with van der Waals surface area (Å²) in [6, 6.07) is 8.73. The number of aromatic nitrogens is 2. The molecule has 1 N–H and O–H groups in total. The number of ether oxygens (including phenoxy) is 1. The van der Waals surface area contributed by atoms with Gasteiger partial charge in [-0.2, -0.15) is 0 Å². The van der Waals surface area contributed by atoms with E-state index in [-0.39, 0.29) is 5.82 Å². The Bertz CT molecular complexity index is 840. The minimum Gasteiger partial charge on any atom is -0.381 e. The van der Waals surface area contributed by atoms with E-state index in [1.165, 1.54) is 51.4 Å². The first-order valence-electron chi connectivity index (χ1n) is 11.0. The lowest BCUT2D eigenvalue weighted by molar-refractivity contribution is 0.0545. The van der Waals surface area contributed by atoms with Gasteiger partial charge >= 0.3 is 0 Å². The Labute approximate surface area is 182 Å². The fourth-order valence-corrected chi connectivity index (χ4v) is 5.71. The normalized spacial score (nSPS) is 27.3. The molecule has 3 aliphatic rings. The van der Waals surface area contributed by atoms with Crippen LogP contribution in [0.25, 0.3) is 11.3 Å². The quantitative estimate of drug-likeness (QED) is 0.757. The van der Waals surface area contributed by atoms with Crippen LogP contribution in [-0.2, 0) is 4.74 Å². The molecule has 2 atom stereocenters. The van der Waals surface area contributed by atoms with Gasteiger partial charge in [0, 0.05) is 38.9 Å². The van der Waals surface area contributed by atoms with Crippen molar-refractivity contribution in [2.24, 2.45) is 17.8 Å². The molecule has 5 nitrogen and oxygen atoms in total. The van der Waals surface area contributed by atoms with E-state index in [2.05, 4.69) is 20.4 Å². The van der Waals surface area contributed by atoms with E-state index < -0.39 is 0 Å². The van der Waals surface area contributed by atoms with Gasteiger partial charge in [0.15, 0.2) is 0 Å². The monoisotopic (exact) mass is 430 g/mol. The van der Waals surface area contributed by atoms with Gasteiger partial charge in [0.25, 0.3) is 0 Å². The molecule has 0 amide bonds. The SMILES string of the molecule is Fc1cccc(Cl)c1-c1ccc(NC2CC3CN(CC4CCOCC4)CC3C2)nn1. The molecule has 2 aromatic rings. The second-order valence-corrected chi connectivity index (χ2v) is 9.41. The lowest BCUT2D eigenvalue weighted by Gasteiger charge is -2.27. The topological polar surface area (TPSA) is 50.3 Å². The average molecular weight is 431 g/mol. The lowest BCUT2D eigenvalue weighted by Crippen LogP contribution is -2.32. The Morgan fingerprint density at radius 3 is 2.50 bits per heavy atom. The number of likely N-dealkylation sites (tertiary alicyclic amines) is 1.